The molecule has 3 atom stereocenters. The number of halogens is 4. The molecule has 190 valence electrons. The third-order valence-corrected chi connectivity index (χ3v) is 7.03. The van der Waals surface area contributed by atoms with Crippen LogP contribution in [0.25, 0.3) is 22.7 Å². The zero-order chi connectivity index (χ0) is 25.9. The topological polar surface area (TPSA) is 86.0 Å². The van der Waals surface area contributed by atoms with Crippen LogP contribution in [-0.4, -0.2) is 55.0 Å². The highest BCUT2D eigenvalue weighted by molar-refractivity contribution is 5.93. The SMILES string of the molecule is Cn1c(-c2ccc(F)cc2)nc2nc(C(=O)N3C[C@@H]4[C@H](COc5cccnc5C(F)(F)F)[C@@H]4C3)cnc21. The molecule has 0 N–H and O–H groups in total. The van der Waals surface area contributed by atoms with E-state index in [2.05, 4.69) is 19.9 Å². The molecule has 1 aromatic carbocycles. The minimum Gasteiger partial charge on any atom is -0.491 e. The Labute approximate surface area is 207 Å². The number of likely N-dealkylation sites (tertiary alicyclic amines) is 1. The Morgan fingerprint density at radius 2 is 1.81 bits per heavy atom. The molecule has 3 aromatic heterocycles. The molecule has 4 heterocycles. The van der Waals surface area contributed by atoms with Crippen LogP contribution in [0.1, 0.15) is 16.2 Å². The van der Waals surface area contributed by atoms with Crippen molar-refractivity contribution >= 4 is 17.2 Å². The lowest BCUT2D eigenvalue weighted by Gasteiger charge is -2.19. The molecule has 1 aliphatic heterocycles. The van der Waals surface area contributed by atoms with Crippen LogP contribution in [-0.2, 0) is 13.2 Å². The van der Waals surface area contributed by atoms with Crippen LogP contribution in [0.2, 0.25) is 0 Å². The predicted molar refractivity (Wildman–Crippen MR) is 123 cm³/mol. The lowest BCUT2D eigenvalue weighted by Crippen LogP contribution is -2.33. The summed E-state index contributed by atoms with van der Waals surface area (Å²) in [6.07, 6.45) is -2.10. The van der Waals surface area contributed by atoms with E-state index in [0.29, 0.717) is 35.8 Å². The normalized spacial score (nSPS) is 20.8. The van der Waals surface area contributed by atoms with Crippen LogP contribution >= 0.6 is 0 Å². The molecular formula is C25H20F4N6O2. The third kappa shape index (κ3) is 4.15. The van der Waals surface area contributed by atoms with E-state index < -0.39 is 11.9 Å². The summed E-state index contributed by atoms with van der Waals surface area (Å²) in [5.41, 5.74) is 0.614. The van der Waals surface area contributed by atoms with Crippen LogP contribution < -0.4 is 4.74 Å². The first-order valence-corrected chi connectivity index (χ1v) is 11.6. The van der Waals surface area contributed by atoms with Gasteiger partial charge in [0.2, 0.25) is 0 Å². The molecule has 0 spiro atoms. The maximum Gasteiger partial charge on any atom is 0.437 e. The summed E-state index contributed by atoms with van der Waals surface area (Å²) < 4.78 is 59.9. The number of rotatable bonds is 5. The number of aromatic nitrogens is 5. The molecule has 1 amide bonds. The van der Waals surface area contributed by atoms with Crippen molar-refractivity contribution in [3.8, 4) is 17.1 Å². The Kier molecular flexibility index (Phi) is 5.35. The van der Waals surface area contributed by atoms with Crippen molar-refractivity contribution in [1.29, 1.82) is 0 Å². The molecular weight excluding hydrogens is 492 g/mol. The third-order valence-electron chi connectivity index (χ3n) is 7.03. The van der Waals surface area contributed by atoms with Crippen molar-refractivity contribution in [3.63, 3.8) is 0 Å². The molecule has 0 radical (unpaired) electrons. The van der Waals surface area contributed by atoms with Gasteiger partial charge in [-0.05, 0) is 48.2 Å². The highest BCUT2D eigenvalue weighted by atomic mass is 19.4. The number of carbonyl (C=O) groups is 1. The summed E-state index contributed by atoms with van der Waals surface area (Å²) in [6.45, 7) is 1.08. The van der Waals surface area contributed by atoms with Gasteiger partial charge >= 0.3 is 6.18 Å². The highest BCUT2D eigenvalue weighted by Gasteiger charge is 2.57. The number of imidazole rings is 1. The van der Waals surface area contributed by atoms with E-state index in [1.165, 1.54) is 30.5 Å². The van der Waals surface area contributed by atoms with Gasteiger partial charge in [0.15, 0.2) is 17.0 Å². The fourth-order valence-electron chi connectivity index (χ4n) is 5.05. The standard InChI is InChI=1S/C25H20F4N6O2/c1-34-22(13-4-6-14(26)7-5-13)33-21-23(34)31-9-18(32-21)24(36)35-10-15-16(11-35)17(15)12-37-19-3-2-8-30-20(19)25(27,28)29/h2-9,15-17H,10-12H2,1H3/t15-,16+,17-. The van der Waals surface area contributed by atoms with E-state index >= 15 is 0 Å². The molecule has 1 saturated carbocycles. The van der Waals surface area contributed by atoms with Gasteiger partial charge in [0.05, 0.1) is 12.8 Å². The smallest absolute Gasteiger partial charge is 0.437 e. The zero-order valence-electron chi connectivity index (χ0n) is 19.5. The first-order chi connectivity index (χ1) is 17.7. The number of aryl methyl sites for hydroxylation is 1. The number of pyridine rings is 1. The van der Waals surface area contributed by atoms with Gasteiger partial charge in [-0.25, -0.2) is 24.3 Å². The van der Waals surface area contributed by atoms with Crippen molar-refractivity contribution in [1.82, 2.24) is 29.4 Å². The lowest BCUT2D eigenvalue weighted by atomic mass is 10.2. The molecule has 1 aliphatic carbocycles. The molecule has 2 aliphatic rings. The average molecular weight is 512 g/mol. The summed E-state index contributed by atoms with van der Waals surface area (Å²) >= 11 is 0. The number of hydrogen-bond acceptors (Lipinski definition) is 6. The van der Waals surface area contributed by atoms with Crippen molar-refractivity contribution in [2.45, 2.75) is 6.18 Å². The minimum absolute atomic E-state index is 0.0768. The molecule has 0 unspecified atom stereocenters. The number of nitrogens with zero attached hydrogens (tertiary/aromatic N) is 6. The average Bonchev–Trinajstić information content (AvgIpc) is 3.18. The van der Waals surface area contributed by atoms with E-state index in [1.807, 2.05) is 0 Å². The van der Waals surface area contributed by atoms with Crippen LogP contribution in [0.3, 0.4) is 0 Å². The van der Waals surface area contributed by atoms with Crippen LogP contribution in [0.5, 0.6) is 5.75 Å². The summed E-state index contributed by atoms with van der Waals surface area (Å²) in [5, 5.41) is 0. The van der Waals surface area contributed by atoms with Crippen molar-refractivity contribution in [2.24, 2.45) is 24.8 Å². The van der Waals surface area contributed by atoms with Crippen LogP contribution in [0, 0.1) is 23.6 Å². The molecule has 8 nitrogen and oxygen atoms in total. The van der Waals surface area contributed by atoms with Gasteiger partial charge in [-0.3, -0.25) is 4.79 Å². The molecule has 12 heteroatoms. The Hall–Kier alpha value is -4.09. The second-order valence-electron chi connectivity index (χ2n) is 9.26. The van der Waals surface area contributed by atoms with E-state index in [9.17, 15) is 22.4 Å². The van der Waals surface area contributed by atoms with E-state index in [-0.39, 0.29) is 47.5 Å². The molecule has 2 fully saturated rings. The number of ether oxygens (including phenoxy) is 1. The first kappa shape index (κ1) is 23.3. The minimum atomic E-state index is -4.59. The summed E-state index contributed by atoms with van der Waals surface area (Å²) in [4.78, 5) is 31.4. The van der Waals surface area contributed by atoms with Crippen molar-refractivity contribution in [2.75, 3.05) is 19.7 Å². The quantitative estimate of drug-likeness (QED) is 0.376. The largest absolute Gasteiger partial charge is 0.491 e. The highest BCUT2D eigenvalue weighted by Crippen LogP contribution is 2.52. The lowest BCUT2D eigenvalue weighted by molar-refractivity contribution is -0.142. The van der Waals surface area contributed by atoms with E-state index in [4.69, 9.17) is 4.74 Å². The zero-order valence-corrected chi connectivity index (χ0v) is 19.5. The van der Waals surface area contributed by atoms with Gasteiger partial charge in [-0.2, -0.15) is 13.2 Å². The van der Waals surface area contributed by atoms with Gasteiger partial charge in [-0.1, -0.05) is 0 Å². The number of hydrogen-bond donors (Lipinski definition) is 0. The molecule has 6 rings (SSSR count). The van der Waals surface area contributed by atoms with Gasteiger partial charge in [0, 0.05) is 37.8 Å². The number of piperidine rings is 1. The Morgan fingerprint density at radius 1 is 1.08 bits per heavy atom. The number of amides is 1. The molecule has 37 heavy (non-hydrogen) atoms. The number of benzene rings is 1. The first-order valence-electron chi connectivity index (χ1n) is 11.6. The van der Waals surface area contributed by atoms with E-state index in [0.717, 1.165) is 6.20 Å². The summed E-state index contributed by atoms with van der Waals surface area (Å²) in [7, 11) is 1.77. The molecule has 4 aromatic rings. The van der Waals surface area contributed by atoms with Crippen molar-refractivity contribution < 1.29 is 27.1 Å². The van der Waals surface area contributed by atoms with Crippen molar-refractivity contribution in [3.05, 3.63) is 66.0 Å². The maximum atomic E-state index is 13.3. The summed E-state index contributed by atoms with van der Waals surface area (Å²) in [6, 6.07) is 8.56. The second kappa shape index (κ2) is 8.49. The Bertz CT molecular complexity index is 1490. The number of alkyl halides is 3. The number of carbonyl (C=O) groups excluding carboxylic acids is 1. The monoisotopic (exact) mass is 512 g/mol. The summed E-state index contributed by atoms with van der Waals surface area (Å²) in [5.74, 6) is 0.0271. The molecule has 0 bridgehead atoms. The van der Waals surface area contributed by atoms with Crippen LogP contribution in [0.4, 0.5) is 17.6 Å². The van der Waals surface area contributed by atoms with Gasteiger partial charge in [-0.15, -0.1) is 0 Å². The second-order valence-corrected chi connectivity index (χ2v) is 9.26. The Morgan fingerprint density at radius 3 is 2.51 bits per heavy atom. The predicted octanol–water partition coefficient (Wildman–Crippen LogP) is 3.98. The fourth-order valence-corrected chi connectivity index (χ4v) is 5.05. The fraction of sp³-hybridized carbons (Fsp3) is 0.320. The van der Waals surface area contributed by atoms with E-state index in [1.54, 1.807) is 28.6 Å². The number of fused-ring (bicyclic) bond motifs is 2. The van der Waals surface area contributed by atoms with Gasteiger partial charge in [0.25, 0.3) is 5.91 Å². The Balaban J connectivity index is 1.11. The van der Waals surface area contributed by atoms with Gasteiger partial charge in [0.1, 0.15) is 23.1 Å². The van der Waals surface area contributed by atoms with Crippen LogP contribution in [0.15, 0.2) is 48.8 Å². The van der Waals surface area contributed by atoms with Gasteiger partial charge < -0.3 is 14.2 Å². The molecule has 1 saturated heterocycles. The maximum absolute atomic E-state index is 13.3.